The van der Waals surface area contributed by atoms with Crippen LogP contribution in [0, 0.1) is 5.41 Å². The highest BCUT2D eigenvalue weighted by Gasteiger charge is 2.41. The molecule has 0 atom stereocenters. The third kappa shape index (κ3) is 2.60. The SMILES string of the molecule is CC1(C)COP(=O)(N2CCNCC2)OC1. The van der Waals surface area contributed by atoms with Crippen LogP contribution in [0.15, 0.2) is 0 Å². The van der Waals surface area contributed by atoms with Gasteiger partial charge in [-0.2, -0.15) is 0 Å². The molecule has 6 heteroatoms. The Morgan fingerprint density at radius 3 is 2.27 bits per heavy atom. The summed E-state index contributed by atoms with van der Waals surface area (Å²) in [6, 6.07) is 0. The summed E-state index contributed by atoms with van der Waals surface area (Å²) in [4.78, 5) is 0. The maximum absolute atomic E-state index is 12.3. The predicted molar refractivity (Wildman–Crippen MR) is 57.7 cm³/mol. The Balaban J connectivity index is 1.99. The van der Waals surface area contributed by atoms with Gasteiger partial charge >= 0.3 is 7.75 Å². The van der Waals surface area contributed by atoms with Crippen LogP contribution in [-0.2, 0) is 13.6 Å². The van der Waals surface area contributed by atoms with Crippen LogP contribution in [0.2, 0.25) is 0 Å². The molecule has 2 fully saturated rings. The molecule has 2 aliphatic heterocycles. The maximum Gasteiger partial charge on any atom is 0.408 e. The number of hydrogen-bond acceptors (Lipinski definition) is 4. The fourth-order valence-electron chi connectivity index (χ4n) is 1.65. The predicted octanol–water partition coefficient (Wildman–Crippen LogP) is 1.07. The number of rotatable bonds is 1. The summed E-state index contributed by atoms with van der Waals surface area (Å²) in [5.74, 6) is 0. The topological polar surface area (TPSA) is 50.8 Å². The van der Waals surface area contributed by atoms with E-state index in [1.54, 1.807) is 0 Å². The van der Waals surface area contributed by atoms with Gasteiger partial charge in [0.1, 0.15) is 0 Å². The summed E-state index contributed by atoms with van der Waals surface area (Å²) in [6.45, 7) is 8.28. The van der Waals surface area contributed by atoms with Crippen molar-refractivity contribution in [2.75, 3.05) is 39.4 Å². The Bertz CT molecular complexity index is 263. The quantitative estimate of drug-likeness (QED) is 0.688. The fraction of sp³-hybridized carbons (Fsp3) is 1.00. The van der Waals surface area contributed by atoms with Crippen LogP contribution in [0.25, 0.3) is 0 Å². The molecule has 15 heavy (non-hydrogen) atoms. The van der Waals surface area contributed by atoms with Crippen molar-refractivity contribution in [1.29, 1.82) is 0 Å². The van der Waals surface area contributed by atoms with Gasteiger partial charge in [0.15, 0.2) is 0 Å². The van der Waals surface area contributed by atoms with Crippen molar-refractivity contribution in [3.63, 3.8) is 0 Å². The third-order valence-corrected chi connectivity index (χ3v) is 4.68. The van der Waals surface area contributed by atoms with Gasteiger partial charge in [0.25, 0.3) is 0 Å². The lowest BCUT2D eigenvalue weighted by molar-refractivity contribution is 0.0196. The average Bonchev–Trinajstić information content (AvgIpc) is 2.24. The molecule has 5 nitrogen and oxygen atoms in total. The molecule has 1 N–H and O–H groups in total. The van der Waals surface area contributed by atoms with Crippen molar-refractivity contribution in [3.05, 3.63) is 0 Å². The summed E-state index contributed by atoms with van der Waals surface area (Å²) in [6.07, 6.45) is 0. The Labute approximate surface area is 90.7 Å². The van der Waals surface area contributed by atoms with E-state index in [1.165, 1.54) is 0 Å². The highest BCUT2D eigenvalue weighted by atomic mass is 31.2. The maximum atomic E-state index is 12.3. The van der Waals surface area contributed by atoms with E-state index >= 15 is 0 Å². The van der Waals surface area contributed by atoms with E-state index in [2.05, 4.69) is 5.32 Å². The number of nitrogens with one attached hydrogen (secondary N) is 1. The molecular formula is C9H19N2O3P. The molecule has 0 amide bonds. The Kier molecular flexibility index (Phi) is 3.20. The van der Waals surface area contributed by atoms with Crippen molar-refractivity contribution in [1.82, 2.24) is 9.99 Å². The monoisotopic (exact) mass is 234 g/mol. The molecule has 2 heterocycles. The van der Waals surface area contributed by atoms with Gasteiger partial charge in [-0.1, -0.05) is 13.8 Å². The smallest absolute Gasteiger partial charge is 0.314 e. The second-order valence-corrected chi connectivity index (χ2v) is 6.90. The zero-order chi connectivity index (χ0) is 10.9. The molecule has 2 saturated heterocycles. The summed E-state index contributed by atoms with van der Waals surface area (Å²) >= 11 is 0. The van der Waals surface area contributed by atoms with Gasteiger partial charge in [-0.15, -0.1) is 0 Å². The van der Waals surface area contributed by atoms with E-state index in [4.69, 9.17) is 9.05 Å². The minimum absolute atomic E-state index is 0.0258. The van der Waals surface area contributed by atoms with Crippen LogP contribution in [-0.4, -0.2) is 44.1 Å². The highest BCUT2D eigenvalue weighted by Crippen LogP contribution is 2.56. The van der Waals surface area contributed by atoms with Gasteiger partial charge in [-0.05, 0) is 0 Å². The normalized spacial score (nSPS) is 31.3. The van der Waals surface area contributed by atoms with E-state index in [0.717, 1.165) is 26.2 Å². The molecular weight excluding hydrogens is 215 g/mol. The first kappa shape index (κ1) is 11.6. The van der Waals surface area contributed by atoms with E-state index in [9.17, 15) is 4.57 Å². The summed E-state index contributed by atoms with van der Waals surface area (Å²) in [7, 11) is -2.98. The first-order valence-corrected chi connectivity index (χ1v) is 6.87. The molecule has 0 aromatic carbocycles. The van der Waals surface area contributed by atoms with Crippen LogP contribution < -0.4 is 5.32 Å². The van der Waals surface area contributed by atoms with Gasteiger partial charge in [-0.3, -0.25) is 9.05 Å². The van der Waals surface area contributed by atoms with Crippen LogP contribution in [0.3, 0.4) is 0 Å². The lowest BCUT2D eigenvalue weighted by Crippen LogP contribution is -2.44. The minimum atomic E-state index is -2.98. The second-order valence-electron chi connectivity index (χ2n) is 4.88. The molecule has 0 aliphatic carbocycles. The van der Waals surface area contributed by atoms with Crippen LogP contribution in [0.1, 0.15) is 13.8 Å². The van der Waals surface area contributed by atoms with Crippen molar-refractivity contribution in [2.24, 2.45) is 5.41 Å². The van der Waals surface area contributed by atoms with E-state index in [1.807, 2.05) is 18.5 Å². The summed E-state index contributed by atoms with van der Waals surface area (Å²) in [5, 5.41) is 3.21. The van der Waals surface area contributed by atoms with Gasteiger partial charge in [-0.25, -0.2) is 9.24 Å². The second kappa shape index (κ2) is 4.15. The molecule has 0 unspecified atom stereocenters. The van der Waals surface area contributed by atoms with Crippen LogP contribution in [0.4, 0.5) is 0 Å². The van der Waals surface area contributed by atoms with Gasteiger partial charge in [0.2, 0.25) is 0 Å². The lowest BCUT2D eigenvalue weighted by Gasteiger charge is -2.39. The fourth-order valence-corrected chi connectivity index (χ4v) is 3.77. The molecule has 0 aromatic heterocycles. The van der Waals surface area contributed by atoms with Crippen molar-refractivity contribution in [2.45, 2.75) is 13.8 Å². The first-order valence-electron chi connectivity index (χ1n) is 5.37. The molecule has 0 aromatic rings. The molecule has 2 aliphatic rings. The van der Waals surface area contributed by atoms with Crippen LogP contribution >= 0.6 is 7.75 Å². The molecule has 0 saturated carbocycles. The Morgan fingerprint density at radius 1 is 1.20 bits per heavy atom. The number of hydrogen-bond donors (Lipinski definition) is 1. The zero-order valence-corrected chi connectivity index (χ0v) is 10.3. The van der Waals surface area contributed by atoms with E-state index in [0.29, 0.717) is 13.2 Å². The average molecular weight is 234 g/mol. The molecule has 2 rings (SSSR count). The zero-order valence-electron chi connectivity index (χ0n) is 9.36. The number of piperazine rings is 1. The highest BCUT2D eigenvalue weighted by molar-refractivity contribution is 7.51. The summed E-state index contributed by atoms with van der Waals surface area (Å²) < 4.78 is 25.1. The van der Waals surface area contributed by atoms with Crippen molar-refractivity contribution in [3.8, 4) is 0 Å². The Hall–Kier alpha value is 0.0700. The minimum Gasteiger partial charge on any atom is -0.314 e. The molecule has 0 spiro atoms. The lowest BCUT2D eigenvalue weighted by atomic mass is 9.97. The van der Waals surface area contributed by atoms with Gasteiger partial charge < -0.3 is 5.32 Å². The van der Waals surface area contributed by atoms with Crippen molar-refractivity contribution < 1.29 is 13.6 Å². The Morgan fingerprint density at radius 2 is 1.73 bits per heavy atom. The standard InChI is InChI=1S/C9H19N2O3P/c1-9(2)7-13-15(12,14-8-9)11-5-3-10-4-6-11/h10H,3-8H2,1-2H3. The molecule has 0 bridgehead atoms. The van der Waals surface area contributed by atoms with Crippen molar-refractivity contribution >= 4 is 7.75 Å². The van der Waals surface area contributed by atoms with Gasteiger partial charge in [0.05, 0.1) is 13.2 Å². The summed E-state index contributed by atoms with van der Waals surface area (Å²) in [5.41, 5.74) is -0.0258. The van der Waals surface area contributed by atoms with E-state index < -0.39 is 7.75 Å². The molecule has 88 valence electrons. The van der Waals surface area contributed by atoms with E-state index in [-0.39, 0.29) is 5.41 Å². The largest absolute Gasteiger partial charge is 0.408 e. The number of nitrogens with zero attached hydrogens (tertiary/aromatic N) is 1. The molecule has 0 radical (unpaired) electrons. The third-order valence-electron chi connectivity index (χ3n) is 2.68. The first-order chi connectivity index (χ1) is 7.02. The van der Waals surface area contributed by atoms with Crippen LogP contribution in [0.5, 0.6) is 0 Å². The van der Waals surface area contributed by atoms with Gasteiger partial charge in [0, 0.05) is 31.6 Å².